The first-order chi connectivity index (χ1) is 7.22. The summed E-state index contributed by atoms with van der Waals surface area (Å²) in [5.41, 5.74) is 1.08. The summed E-state index contributed by atoms with van der Waals surface area (Å²) >= 11 is 5.83. The van der Waals surface area contributed by atoms with Gasteiger partial charge in [0, 0.05) is 18.0 Å². The van der Waals surface area contributed by atoms with E-state index in [1.165, 1.54) is 0 Å². The Bertz CT molecular complexity index is 349. The van der Waals surface area contributed by atoms with E-state index in [4.69, 9.17) is 11.6 Å². The number of benzene rings is 1. The van der Waals surface area contributed by atoms with Crippen molar-refractivity contribution >= 4 is 17.5 Å². The maximum absolute atomic E-state index is 11.3. The van der Waals surface area contributed by atoms with Crippen LogP contribution in [0.1, 0.15) is 12.0 Å². The Kier molecular flexibility index (Phi) is 4.91. The Morgan fingerprint density at radius 1 is 1.53 bits per heavy atom. The minimum atomic E-state index is 0.0369. The molecule has 0 unspecified atom stereocenters. The third-order valence-corrected chi connectivity index (χ3v) is 2.21. The second-order valence-electron chi connectivity index (χ2n) is 3.22. The Balaban J connectivity index is 2.36. The summed E-state index contributed by atoms with van der Waals surface area (Å²) in [7, 11) is 0. The van der Waals surface area contributed by atoms with Gasteiger partial charge in [0.1, 0.15) is 0 Å². The molecule has 0 aliphatic heterocycles. The number of hydrogen-bond acceptors (Lipinski definition) is 1. The van der Waals surface area contributed by atoms with Gasteiger partial charge in [-0.25, -0.2) is 0 Å². The molecule has 0 radical (unpaired) electrons. The van der Waals surface area contributed by atoms with Crippen molar-refractivity contribution in [2.45, 2.75) is 12.8 Å². The average molecular weight is 224 g/mol. The van der Waals surface area contributed by atoms with Crippen LogP contribution in [0.4, 0.5) is 0 Å². The van der Waals surface area contributed by atoms with Crippen LogP contribution in [0.3, 0.4) is 0 Å². The highest BCUT2D eigenvalue weighted by molar-refractivity contribution is 6.30. The van der Waals surface area contributed by atoms with Crippen molar-refractivity contribution in [2.24, 2.45) is 0 Å². The summed E-state index contributed by atoms with van der Waals surface area (Å²) in [5, 5.41) is 3.43. The lowest BCUT2D eigenvalue weighted by Gasteiger charge is -2.02. The van der Waals surface area contributed by atoms with E-state index in [1.807, 2.05) is 24.3 Å². The van der Waals surface area contributed by atoms with E-state index in [-0.39, 0.29) is 5.91 Å². The summed E-state index contributed by atoms with van der Waals surface area (Å²) in [5.74, 6) is 0.0369. The molecule has 0 aliphatic rings. The Morgan fingerprint density at radius 3 is 3.00 bits per heavy atom. The number of carbonyl (C=O) groups is 1. The summed E-state index contributed by atoms with van der Waals surface area (Å²) in [6.07, 6.45) is 2.86. The zero-order chi connectivity index (χ0) is 11.1. The Morgan fingerprint density at radius 2 is 2.33 bits per heavy atom. The lowest BCUT2D eigenvalue weighted by atomic mass is 10.1. The van der Waals surface area contributed by atoms with Gasteiger partial charge >= 0.3 is 0 Å². The van der Waals surface area contributed by atoms with Crippen molar-refractivity contribution in [1.29, 1.82) is 0 Å². The number of halogens is 1. The first-order valence-electron chi connectivity index (χ1n) is 4.84. The molecular formula is C12H14ClNO. The molecule has 0 saturated carbocycles. The minimum Gasteiger partial charge on any atom is -0.353 e. The standard InChI is InChI=1S/C12H14ClNO/c1-2-8-14-12(15)7-6-10-4-3-5-11(13)9-10/h2-5,9H,1,6-8H2,(H,14,15). The second-order valence-corrected chi connectivity index (χ2v) is 3.66. The van der Waals surface area contributed by atoms with Crippen molar-refractivity contribution in [3.8, 4) is 0 Å². The van der Waals surface area contributed by atoms with E-state index in [1.54, 1.807) is 6.08 Å². The van der Waals surface area contributed by atoms with Crippen LogP contribution in [0.2, 0.25) is 5.02 Å². The van der Waals surface area contributed by atoms with Crippen LogP contribution >= 0.6 is 11.6 Å². The summed E-state index contributed by atoms with van der Waals surface area (Å²) in [4.78, 5) is 11.3. The van der Waals surface area contributed by atoms with Crippen molar-refractivity contribution in [3.05, 3.63) is 47.5 Å². The van der Waals surface area contributed by atoms with Gasteiger partial charge in [-0.05, 0) is 24.1 Å². The molecule has 1 aromatic carbocycles. The van der Waals surface area contributed by atoms with E-state index in [9.17, 15) is 4.79 Å². The highest BCUT2D eigenvalue weighted by Crippen LogP contribution is 2.11. The van der Waals surface area contributed by atoms with Gasteiger partial charge in [-0.2, -0.15) is 0 Å². The van der Waals surface area contributed by atoms with Gasteiger partial charge in [0.15, 0.2) is 0 Å². The normalized spacial score (nSPS) is 9.67. The van der Waals surface area contributed by atoms with Gasteiger partial charge in [-0.15, -0.1) is 6.58 Å². The number of rotatable bonds is 5. The lowest BCUT2D eigenvalue weighted by Crippen LogP contribution is -2.23. The fourth-order valence-electron chi connectivity index (χ4n) is 1.22. The van der Waals surface area contributed by atoms with Crippen molar-refractivity contribution in [1.82, 2.24) is 5.32 Å². The van der Waals surface area contributed by atoms with E-state index in [2.05, 4.69) is 11.9 Å². The van der Waals surface area contributed by atoms with Crippen molar-refractivity contribution in [2.75, 3.05) is 6.54 Å². The number of amides is 1. The molecular weight excluding hydrogens is 210 g/mol. The third-order valence-electron chi connectivity index (χ3n) is 1.97. The fourth-order valence-corrected chi connectivity index (χ4v) is 1.44. The van der Waals surface area contributed by atoms with Crippen LogP contribution < -0.4 is 5.32 Å². The van der Waals surface area contributed by atoms with Crippen LogP contribution in [0.15, 0.2) is 36.9 Å². The van der Waals surface area contributed by atoms with E-state index in [0.29, 0.717) is 24.4 Å². The van der Waals surface area contributed by atoms with Gasteiger partial charge in [-0.1, -0.05) is 29.8 Å². The molecule has 0 heterocycles. The Hall–Kier alpha value is -1.28. The largest absolute Gasteiger partial charge is 0.353 e. The minimum absolute atomic E-state index is 0.0369. The number of nitrogens with one attached hydrogen (secondary N) is 1. The number of aryl methyl sites for hydroxylation is 1. The molecule has 3 heteroatoms. The first-order valence-corrected chi connectivity index (χ1v) is 5.22. The molecule has 0 fully saturated rings. The van der Waals surface area contributed by atoms with Crippen molar-refractivity contribution < 1.29 is 4.79 Å². The second kappa shape index (κ2) is 6.25. The molecule has 2 nitrogen and oxygen atoms in total. The van der Waals surface area contributed by atoms with E-state index >= 15 is 0 Å². The van der Waals surface area contributed by atoms with Crippen LogP contribution in [0.25, 0.3) is 0 Å². The summed E-state index contributed by atoms with van der Waals surface area (Å²) < 4.78 is 0. The SMILES string of the molecule is C=CCNC(=O)CCc1cccc(Cl)c1. The van der Waals surface area contributed by atoms with Crippen LogP contribution in [0, 0.1) is 0 Å². The van der Waals surface area contributed by atoms with Gasteiger partial charge in [0.25, 0.3) is 0 Å². The van der Waals surface area contributed by atoms with Crippen LogP contribution in [-0.2, 0) is 11.2 Å². The zero-order valence-corrected chi connectivity index (χ0v) is 9.26. The molecule has 0 bridgehead atoms. The fraction of sp³-hybridized carbons (Fsp3) is 0.250. The first kappa shape index (κ1) is 11.8. The molecule has 0 saturated heterocycles. The zero-order valence-electron chi connectivity index (χ0n) is 8.50. The topological polar surface area (TPSA) is 29.1 Å². The maximum Gasteiger partial charge on any atom is 0.220 e. The van der Waals surface area contributed by atoms with Gasteiger partial charge in [0.2, 0.25) is 5.91 Å². The lowest BCUT2D eigenvalue weighted by molar-refractivity contribution is -0.120. The van der Waals surface area contributed by atoms with Gasteiger partial charge in [-0.3, -0.25) is 4.79 Å². The highest BCUT2D eigenvalue weighted by Gasteiger charge is 2.00. The molecule has 0 aliphatic carbocycles. The molecule has 0 atom stereocenters. The molecule has 1 N–H and O–H groups in total. The predicted molar refractivity (Wildman–Crippen MR) is 63.0 cm³/mol. The smallest absolute Gasteiger partial charge is 0.220 e. The monoisotopic (exact) mass is 223 g/mol. The molecule has 1 aromatic rings. The van der Waals surface area contributed by atoms with Gasteiger partial charge < -0.3 is 5.32 Å². The molecule has 80 valence electrons. The number of hydrogen-bond donors (Lipinski definition) is 1. The Labute approximate surface area is 94.9 Å². The van der Waals surface area contributed by atoms with Crippen LogP contribution in [-0.4, -0.2) is 12.5 Å². The number of carbonyl (C=O) groups excluding carboxylic acids is 1. The van der Waals surface area contributed by atoms with Crippen LogP contribution in [0.5, 0.6) is 0 Å². The van der Waals surface area contributed by atoms with E-state index in [0.717, 1.165) is 5.56 Å². The average Bonchev–Trinajstić information content (AvgIpc) is 2.23. The molecule has 1 amide bonds. The molecule has 0 spiro atoms. The highest BCUT2D eigenvalue weighted by atomic mass is 35.5. The molecule has 15 heavy (non-hydrogen) atoms. The molecule has 1 rings (SSSR count). The van der Waals surface area contributed by atoms with Gasteiger partial charge in [0.05, 0.1) is 0 Å². The molecule has 0 aromatic heterocycles. The third kappa shape index (κ3) is 4.66. The summed E-state index contributed by atoms with van der Waals surface area (Å²) in [6, 6.07) is 7.55. The van der Waals surface area contributed by atoms with Crippen molar-refractivity contribution in [3.63, 3.8) is 0 Å². The maximum atomic E-state index is 11.3. The summed E-state index contributed by atoms with van der Waals surface area (Å²) in [6.45, 7) is 4.05. The van der Waals surface area contributed by atoms with E-state index < -0.39 is 0 Å². The predicted octanol–water partition coefficient (Wildman–Crippen LogP) is 2.57. The quantitative estimate of drug-likeness (QED) is 0.764.